The number of rotatable bonds is 3. The van der Waals surface area contributed by atoms with E-state index in [1.165, 1.54) is 57.6 Å². The largest absolute Gasteiger partial charge is 0.341 e. The zero-order valence-corrected chi connectivity index (χ0v) is 12.8. The van der Waals surface area contributed by atoms with Gasteiger partial charge in [0.25, 0.3) is 0 Å². The van der Waals surface area contributed by atoms with Crippen LogP contribution in [0.25, 0.3) is 0 Å². The third-order valence-electron chi connectivity index (χ3n) is 4.84. The molecular formula is C16H25FN4. The Labute approximate surface area is 126 Å². The van der Waals surface area contributed by atoms with Crippen LogP contribution in [0.3, 0.4) is 0 Å². The molecule has 21 heavy (non-hydrogen) atoms. The molecule has 0 unspecified atom stereocenters. The molecule has 0 saturated carbocycles. The van der Waals surface area contributed by atoms with E-state index in [-0.39, 0.29) is 5.82 Å². The van der Waals surface area contributed by atoms with Crippen LogP contribution in [-0.4, -0.2) is 47.1 Å². The number of anilines is 1. The van der Waals surface area contributed by atoms with Gasteiger partial charge in [0, 0.05) is 25.7 Å². The van der Waals surface area contributed by atoms with Gasteiger partial charge in [0.1, 0.15) is 0 Å². The smallest absolute Gasteiger partial charge is 0.225 e. The van der Waals surface area contributed by atoms with Crippen molar-refractivity contribution in [2.75, 3.05) is 31.1 Å². The first-order valence-corrected chi connectivity index (χ1v) is 8.19. The van der Waals surface area contributed by atoms with Crippen molar-refractivity contribution >= 4 is 5.95 Å². The van der Waals surface area contributed by atoms with Gasteiger partial charge < -0.3 is 9.80 Å². The fraction of sp³-hybridized carbons (Fsp3) is 0.750. The standard InChI is InChI=1S/C16H25FN4/c1-13-5-2-3-7-20(13)11-14-6-4-8-21(12-14)16-18-9-15(17)10-19-16/h9-10,13-14H,2-8,11-12H2,1H3/t13-,14-/m1/s1. The minimum atomic E-state index is -0.366. The monoisotopic (exact) mass is 292 g/mol. The highest BCUT2D eigenvalue weighted by Crippen LogP contribution is 2.24. The summed E-state index contributed by atoms with van der Waals surface area (Å²) in [4.78, 5) is 13.1. The van der Waals surface area contributed by atoms with Crippen molar-refractivity contribution in [1.29, 1.82) is 0 Å². The Morgan fingerprint density at radius 2 is 1.95 bits per heavy atom. The first-order valence-electron chi connectivity index (χ1n) is 8.19. The molecule has 3 heterocycles. The second kappa shape index (κ2) is 6.69. The van der Waals surface area contributed by atoms with Crippen LogP contribution >= 0.6 is 0 Å². The van der Waals surface area contributed by atoms with Crippen molar-refractivity contribution in [3.63, 3.8) is 0 Å². The molecule has 3 rings (SSSR count). The Morgan fingerprint density at radius 3 is 2.71 bits per heavy atom. The molecule has 0 amide bonds. The van der Waals surface area contributed by atoms with Gasteiger partial charge in [0.2, 0.25) is 5.95 Å². The molecule has 2 saturated heterocycles. The molecule has 0 aromatic carbocycles. The zero-order chi connectivity index (χ0) is 14.7. The van der Waals surface area contributed by atoms with E-state index in [1.54, 1.807) is 0 Å². The third-order valence-corrected chi connectivity index (χ3v) is 4.84. The van der Waals surface area contributed by atoms with E-state index >= 15 is 0 Å². The quantitative estimate of drug-likeness (QED) is 0.857. The van der Waals surface area contributed by atoms with Gasteiger partial charge in [-0.15, -0.1) is 0 Å². The Kier molecular flexibility index (Phi) is 4.68. The molecule has 0 aliphatic carbocycles. The minimum Gasteiger partial charge on any atom is -0.341 e. The highest BCUT2D eigenvalue weighted by atomic mass is 19.1. The molecule has 0 bridgehead atoms. The SMILES string of the molecule is C[C@@H]1CCCCN1C[C@H]1CCCN(c2ncc(F)cn2)C1. The number of aromatic nitrogens is 2. The lowest BCUT2D eigenvalue weighted by molar-refractivity contribution is 0.130. The van der Waals surface area contributed by atoms with E-state index in [2.05, 4.69) is 26.7 Å². The summed E-state index contributed by atoms with van der Waals surface area (Å²) in [6.07, 6.45) is 9.02. The van der Waals surface area contributed by atoms with Crippen molar-refractivity contribution in [2.24, 2.45) is 5.92 Å². The number of hydrogen-bond acceptors (Lipinski definition) is 4. The van der Waals surface area contributed by atoms with Crippen molar-refractivity contribution in [1.82, 2.24) is 14.9 Å². The van der Waals surface area contributed by atoms with Crippen LogP contribution in [0.5, 0.6) is 0 Å². The number of piperidine rings is 2. The van der Waals surface area contributed by atoms with Crippen LogP contribution < -0.4 is 4.90 Å². The van der Waals surface area contributed by atoms with Crippen LogP contribution in [0, 0.1) is 11.7 Å². The average Bonchev–Trinajstić information content (AvgIpc) is 2.51. The van der Waals surface area contributed by atoms with E-state index in [4.69, 9.17) is 0 Å². The lowest BCUT2D eigenvalue weighted by atomic mass is 9.95. The topological polar surface area (TPSA) is 32.3 Å². The van der Waals surface area contributed by atoms with E-state index in [0.717, 1.165) is 19.1 Å². The van der Waals surface area contributed by atoms with Crippen LogP contribution in [0.2, 0.25) is 0 Å². The Balaban J connectivity index is 1.59. The summed E-state index contributed by atoms with van der Waals surface area (Å²) in [5, 5.41) is 0. The molecule has 2 atom stereocenters. The Morgan fingerprint density at radius 1 is 1.14 bits per heavy atom. The second-order valence-corrected chi connectivity index (χ2v) is 6.50. The molecular weight excluding hydrogens is 267 g/mol. The van der Waals surface area contributed by atoms with Gasteiger partial charge in [-0.2, -0.15) is 0 Å². The van der Waals surface area contributed by atoms with Crippen LogP contribution in [-0.2, 0) is 0 Å². The van der Waals surface area contributed by atoms with Crippen molar-refractivity contribution in [3.8, 4) is 0 Å². The number of nitrogens with zero attached hydrogens (tertiary/aromatic N) is 4. The number of likely N-dealkylation sites (tertiary alicyclic amines) is 1. The summed E-state index contributed by atoms with van der Waals surface area (Å²) >= 11 is 0. The molecule has 1 aromatic heterocycles. The van der Waals surface area contributed by atoms with Gasteiger partial charge in [0.15, 0.2) is 5.82 Å². The first-order chi connectivity index (χ1) is 10.2. The molecule has 2 aliphatic rings. The molecule has 1 aromatic rings. The van der Waals surface area contributed by atoms with E-state index in [9.17, 15) is 4.39 Å². The van der Waals surface area contributed by atoms with E-state index in [0.29, 0.717) is 11.9 Å². The van der Waals surface area contributed by atoms with Gasteiger partial charge in [-0.3, -0.25) is 0 Å². The summed E-state index contributed by atoms with van der Waals surface area (Å²) < 4.78 is 12.9. The maximum absolute atomic E-state index is 12.9. The predicted octanol–water partition coefficient (Wildman–Crippen LogP) is 2.71. The van der Waals surface area contributed by atoms with Gasteiger partial charge in [0.05, 0.1) is 12.4 Å². The van der Waals surface area contributed by atoms with E-state index in [1.807, 2.05) is 0 Å². The van der Waals surface area contributed by atoms with Crippen LogP contribution in [0.1, 0.15) is 39.0 Å². The van der Waals surface area contributed by atoms with Gasteiger partial charge >= 0.3 is 0 Å². The molecule has 0 spiro atoms. The summed E-state index contributed by atoms with van der Waals surface area (Å²) in [7, 11) is 0. The second-order valence-electron chi connectivity index (χ2n) is 6.50. The minimum absolute atomic E-state index is 0.366. The maximum Gasteiger partial charge on any atom is 0.225 e. The van der Waals surface area contributed by atoms with Gasteiger partial charge in [-0.05, 0) is 45.1 Å². The van der Waals surface area contributed by atoms with Crippen molar-refractivity contribution < 1.29 is 4.39 Å². The summed E-state index contributed by atoms with van der Waals surface area (Å²) in [5.41, 5.74) is 0. The highest BCUT2D eigenvalue weighted by Gasteiger charge is 2.26. The highest BCUT2D eigenvalue weighted by molar-refractivity contribution is 5.29. The fourth-order valence-corrected chi connectivity index (χ4v) is 3.62. The van der Waals surface area contributed by atoms with Gasteiger partial charge in [-0.1, -0.05) is 6.42 Å². The molecule has 2 fully saturated rings. The number of halogens is 1. The normalized spacial score (nSPS) is 27.8. The summed E-state index contributed by atoms with van der Waals surface area (Å²) in [5.74, 6) is 0.982. The van der Waals surface area contributed by atoms with Crippen LogP contribution in [0.15, 0.2) is 12.4 Å². The predicted molar refractivity (Wildman–Crippen MR) is 81.8 cm³/mol. The molecule has 116 valence electrons. The van der Waals surface area contributed by atoms with Crippen LogP contribution in [0.4, 0.5) is 10.3 Å². The average molecular weight is 292 g/mol. The van der Waals surface area contributed by atoms with Gasteiger partial charge in [-0.25, -0.2) is 14.4 Å². The fourth-order valence-electron chi connectivity index (χ4n) is 3.62. The Hall–Kier alpha value is -1.23. The van der Waals surface area contributed by atoms with Crippen molar-refractivity contribution in [3.05, 3.63) is 18.2 Å². The molecule has 0 radical (unpaired) electrons. The third kappa shape index (κ3) is 3.70. The molecule has 0 N–H and O–H groups in total. The maximum atomic E-state index is 12.9. The first kappa shape index (κ1) is 14.7. The summed E-state index contributed by atoms with van der Waals surface area (Å²) in [6.45, 7) is 6.75. The zero-order valence-electron chi connectivity index (χ0n) is 12.8. The molecule has 4 nitrogen and oxygen atoms in total. The van der Waals surface area contributed by atoms with E-state index < -0.39 is 0 Å². The number of hydrogen-bond donors (Lipinski definition) is 0. The summed E-state index contributed by atoms with van der Waals surface area (Å²) in [6, 6.07) is 0.719. The lowest BCUT2D eigenvalue weighted by Crippen LogP contribution is -2.45. The van der Waals surface area contributed by atoms with Crippen molar-refractivity contribution in [2.45, 2.75) is 45.1 Å². The lowest BCUT2D eigenvalue weighted by Gasteiger charge is -2.39. The molecule has 2 aliphatic heterocycles. The molecule has 5 heteroatoms. The Bertz CT molecular complexity index is 450.